The number of rotatable bonds is 9. The van der Waals surface area contributed by atoms with Gasteiger partial charge in [-0.05, 0) is 106 Å². The number of Topliss-reactive ketones (excluding diaryl/α,β-unsaturated/α-hetero) is 1. The lowest BCUT2D eigenvalue weighted by atomic mass is 9.94. The molecule has 37 heavy (non-hydrogen) atoms. The molecule has 2 amide bonds. The molecule has 2 aromatic carbocycles. The van der Waals surface area contributed by atoms with E-state index in [9.17, 15) is 19.5 Å². The first-order valence-electron chi connectivity index (χ1n) is 13.3. The van der Waals surface area contributed by atoms with Gasteiger partial charge in [0.05, 0.1) is 5.69 Å². The van der Waals surface area contributed by atoms with Crippen molar-refractivity contribution in [2.24, 2.45) is 0 Å². The van der Waals surface area contributed by atoms with Crippen LogP contribution >= 0.6 is 0 Å². The van der Waals surface area contributed by atoms with Crippen LogP contribution in [0.1, 0.15) is 79.1 Å². The molecular formula is C30H38N2O5. The monoisotopic (exact) mass is 506 g/mol. The molecule has 2 aromatic rings. The number of amides is 2. The Morgan fingerprint density at radius 3 is 2.46 bits per heavy atom. The SMILES string of the molecule is Cc1cc(O)ccc1CCN(CCCCC(=O)c1cc2c3c(c1)CCN3C(=O)CC2)C(=O)OC(C)(C)C. The zero-order valence-electron chi connectivity index (χ0n) is 22.4. The van der Waals surface area contributed by atoms with Crippen molar-refractivity contribution >= 4 is 23.5 Å². The second-order valence-electron chi connectivity index (χ2n) is 11.1. The Labute approximate surface area is 219 Å². The Morgan fingerprint density at radius 1 is 1.03 bits per heavy atom. The fourth-order valence-electron chi connectivity index (χ4n) is 5.19. The number of aryl methyl sites for hydroxylation is 2. The number of unbranched alkanes of at least 4 members (excludes halogenated alkanes) is 1. The summed E-state index contributed by atoms with van der Waals surface area (Å²) in [7, 11) is 0. The van der Waals surface area contributed by atoms with Crippen LogP contribution in [0.2, 0.25) is 0 Å². The molecule has 0 fully saturated rings. The van der Waals surface area contributed by atoms with Crippen LogP contribution in [0.15, 0.2) is 30.3 Å². The summed E-state index contributed by atoms with van der Waals surface area (Å²) in [5.74, 6) is 0.520. The lowest BCUT2D eigenvalue weighted by molar-refractivity contribution is -0.118. The third kappa shape index (κ3) is 6.51. The van der Waals surface area contributed by atoms with Crippen molar-refractivity contribution in [3.05, 3.63) is 58.1 Å². The van der Waals surface area contributed by atoms with E-state index in [0.29, 0.717) is 58.2 Å². The fourth-order valence-corrected chi connectivity index (χ4v) is 5.19. The number of phenolic OH excluding ortho intramolecular Hbond substituents is 1. The largest absolute Gasteiger partial charge is 0.508 e. The number of ketones is 1. The Bertz CT molecular complexity index is 1200. The van der Waals surface area contributed by atoms with E-state index in [1.165, 1.54) is 0 Å². The van der Waals surface area contributed by atoms with E-state index in [1.54, 1.807) is 17.0 Å². The summed E-state index contributed by atoms with van der Waals surface area (Å²) in [5, 5.41) is 9.67. The van der Waals surface area contributed by atoms with E-state index in [2.05, 4.69) is 0 Å². The third-order valence-electron chi connectivity index (χ3n) is 7.08. The van der Waals surface area contributed by atoms with Crippen molar-refractivity contribution in [2.45, 2.75) is 78.2 Å². The Morgan fingerprint density at radius 2 is 1.76 bits per heavy atom. The zero-order chi connectivity index (χ0) is 26.7. The smallest absolute Gasteiger partial charge is 0.410 e. The molecule has 0 radical (unpaired) electrons. The average Bonchev–Trinajstić information content (AvgIpc) is 3.26. The minimum atomic E-state index is -0.589. The summed E-state index contributed by atoms with van der Waals surface area (Å²) in [6, 6.07) is 9.21. The maximum absolute atomic E-state index is 13.0. The molecule has 0 saturated carbocycles. The van der Waals surface area contributed by atoms with Gasteiger partial charge in [-0.3, -0.25) is 9.59 Å². The van der Waals surface area contributed by atoms with Crippen LogP contribution in [0, 0.1) is 6.92 Å². The molecule has 2 heterocycles. The highest BCUT2D eigenvalue weighted by molar-refractivity contribution is 6.02. The quantitative estimate of drug-likeness (QED) is 0.365. The van der Waals surface area contributed by atoms with E-state index >= 15 is 0 Å². The molecule has 198 valence electrons. The van der Waals surface area contributed by atoms with Crippen LogP contribution in [-0.2, 0) is 28.8 Å². The minimum Gasteiger partial charge on any atom is -0.508 e. The van der Waals surface area contributed by atoms with Crippen molar-refractivity contribution in [1.82, 2.24) is 4.90 Å². The lowest BCUT2D eigenvalue weighted by Crippen LogP contribution is -2.38. The van der Waals surface area contributed by atoms with Crippen LogP contribution in [0.4, 0.5) is 10.5 Å². The highest BCUT2D eigenvalue weighted by atomic mass is 16.6. The number of nitrogens with zero attached hydrogens (tertiary/aromatic N) is 2. The Hall–Kier alpha value is -3.35. The van der Waals surface area contributed by atoms with Gasteiger partial charge in [-0.15, -0.1) is 0 Å². The minimum absolute atomic E-state index is 0.109. The topological polar surface area (TPSA) is 87.2 Å². The van der Waals surface area contributed by atoms with Crippen LogP contribution < -0.4 is 4.90 Å². The highest BCUT2D eigenvalue weighted by Crippen LogP contribution is 2.37. The first kappa shape index (κ1) is 26.7. The van der Waals surface area contributed by atoms with Crippen molar-refractivity contribution < 1.29 is 24.2 Å². The standard InChI is InChI=1S/C30H38N2O5/c1-20-17-25(33)10-8-21(20)12-15-31(29(36)37-30(2,3)4)14-6-5-7-26(34)24-18-22-9-11-27(35)32-16-13-23(19-24)28(22)32/h8,10,17-19,33H,5-7,9,11-16H2,1-4H3. The van der Waals surface area contributed by atoms with Gasteiger partial charge in [-0.2, -0.15) is 0 Å². The molecule has 2 aliphatic rings. The fraction of sp³-hybridized carbons (Fsp3) is 0.500. The summed E-state index contributed by atoms with van der Waals surface area (Å²) >= 11 is 0. The van der Waals surface area contributed by atoms with E-state index in [0.717, 1.165) is 39.9 Å². The van der Waals surface area contributed by atoms with Gasteiger partial charge in [0.25, 0.3) is 0 Å². The molecule has 0 unspecified atom stereocenters. The number of carbonyl (C=O) groups is 3. The molecule has 1 N–H and O–H groups in total. The predicted octanol–water partition coefficient (Wildman–Crippen LogP) is 5.37. The van der Waals surface area contributed by atoms with E-state index in [-0.39, 0.29) is 23.5 Å². The van der Waals surface area contributed by atoms with Crippen molar-refractivity contribution in [2.75, 3.05) is 24.5 Å². The summed E-state index contributed by atoms with van der Waals surface area (Å²) in [5.41, 5.74) is 5.45. The van der Waals surface area contributed by atoms with Crippen molar-refractivity contribution in [3.63, 3.8) is 0 Å². The molecule has 4 rings (SSSR count). The maximum Gasteiger partial charge on any atom is 0.410 e. The number of ether oxygens (including phenoxy) is 1. The zero-order valence-corrected chi connectivity index (χ0v) is 22.4. The summed E-state index contributed by atoms with van der Waals surface area (Å²) in [6.07, 6.45) is 4.10. The van der Waals surface area contributed by atoms with E-state index < -0.39 is 5.60 Å². The van der Waals surface area contributed by atoms with Gasteiger partial charge in [0, 0.05) is 38.0 Å². The molecule has 0 spiro atoms. The van der Waals surface area contributed by atoms with Gasteiger partial charge in [0.15, 0.2) is 5.78 Å². The second kappa shape index (κ2) is 11.0. The van der Waals surface area contributed by atoms with Crippen LogP contribution in [0.5, 0.6) is 5.75 Å². The third-order valence-corrected chi connectivity index (χ3v) is 7.08. The van der Waals surface area contributed by atoms with Gasteiger partial charge in [0.2, 0.25) is 5.91 Å². The number of hydrogen-bond acceptors (Lipinski definition) is 5. The van der Waals surface area contributed by atoms with Gasteiger partial charge in [-0.25, -0.2) is 4.79 Å². The molecule has 7 heteroatoms. The second-order valence-corrected chi connectivity index (χ2v) is 11.1. The number of carbonyl (C=O) groups excluding carboxylic acids is 3. The van der Waals surface area contributed by atoms with Gasteiger partial charge < -0.3 is 19.6 Å². The van der Waals surface area contributed by atoms with E-state index in [1.807, 2.05) is 50.8 Å². The molecule has 2 aliphatic heterocycles. The van der Waals surface area contributed by atoms with Gasteiger partial charge in [-0.1, -0.05) is 6.07 Å². The van der Waals surface area contributed by atoms with Crippen molar-refractivity contribution in [1.29, 1.82) is 0 Å². The van der Waals surface area contributed by atoms with Crippen LogP contribution in [0.25, 0.3) is 0 Å². The number of anilines is 1. The molecule has 7 nitrogen and oxygen atoms in total. The predicted molar refractivity (Wildman–Crippen MR) is 143 cm³/mol. The first-order valence-corrected chi connectivity index (χ1v) is 13.3. The molecular weight excluding hydrogens is 468 g/mol. The molecule has 0 atom stereocenters. The number of benzene rings is 2. The normalized spacial score (nSPS) is 14.5. The molecule has 0 bridgehead atoms. The Kier molecular flexibility index (Phi) is 7.90. The molecule has 0 aromatic heterocycles. The molecule has 0 aliphatic carbocycles. The Balaban J connectivity index is 1.34. The maximum atomic E-state index is 13.0. The van der Waals surface area contributed by atoms with Gasteiger partial charge >= 0.3 is 6.09 Å². The van der Waals surface area contributed by atoms with E-state index in [4.69, 9.17) is 4.74 Å². The van der Waals surface area contributed by atoms with Crippen LogP contribution in [0.3, 0.4) is 0 Å². The summed E-state index contributed by atoms with van der Waals surface area (Å²) in [4.78, 5) is 41.6. The lowest BCUT2D eigenvalue weighted by Gasteiger charge is -2.27. The number of hydrogen-bond donors (Lipinski definition) is 1. The summed E-state index contributed by atoms with van der Waals surface area (Å²) in [6.45, 7) is 9.22. The van der Waals surface area contributed by atoms with Gasteiger partial charge in [0.1, 0.15) is 11.4 Å². The summed E-state index contributed by atoms with van der Waals surface area (Å²) < 4.78 is 5.63. The number of phenols is 1. The average molecular weight is 507 g/mol. The first-order chi connectivity index (χ1) is 17.5. The number of aromatic hydroxyl groups is 1. The molecule has 0 saturated heterocycles. The van der Waals surface area contributed by atoms with Crippen molar-refractivity contribution in [3.8, 4) is 5.75 Å². The highest BCUT2D eigenvalue weighted by Gasteiger charge is 2.32. The van der Waals surface area contributed by atoms with Crippen LogP contribution in [-0.4, -0.2) is 53.0 Å².